The van der Waals surface area contributed by atoms with Crippen molar-refractivity contribution in [3.63, 3.8) is 0 Å². The van der Waals surface area contributed by atoms with Crippen molar-refractivity contribution >= 4 is 28.6 Å². The SMILES string of the molecule is CC[C@@]1(O)C(=O)OCc2c1cc1n(c2=O)Cc2c-1cc1cc(F)c(C)c3c1c2[C@@H](NC(=O)CNC(=O)CN)CC3. The second-order valence-corrected chi connectivity index (χ2v) is 10.6. The van der Waals surface area contributed by atoms with Crippen molar-refractivity contribution in [3.8, 4) is 11.3 Å². The van der Waals surface area contributed by atoms with Crippen LogP contribution in [0.2, 0.25) is 0 Å². The van der Waals surface area contributed by atoms with Gasteiger partial charge in [0.05, 0.1) is 36.9 Å². The molecule has 2 aliphatic heterocycles. The minimum absolute atomic E-state index is 0.0280. The molecule has 2 amide bonds. The maximum Gasteiger partial charge on any atom is 0.343 e. The summed E-state index contributed by atoms with van der Waals surface area (Å²) < 4.78 is 21.8. The largest absolute Gasteiger partial charge is 0.458 e. The fourth-order valence-electron chi connectivity index (χ4n) is 6.40. The molecule has 5 N–H and O–H groups in total. The van der Waals surface area contributed by atoms with Gasteiger partial charge in [-0.05, 0) is 77.4 Å². The zero-order valence-electron chi connectivity index (χ0n) is 22.2. The lowest BCUT2D eigenvalue weighted by Gasteiger charge is -2.31. The maximum atomic E-state index is 15.0. The van der Waals surface area contributed by atoms with Crippen LogP contribution in [-0.2, 0) is 44.3 Å². The summed E-state index contributed by atoms with van der Waals surface area (Å²) in [6.45, 7) is 2.87. The van der Waals surface area contributed by atoms with Gasteiger partial charge >= 0.3 is 5.97 Å². The standard InChI is InChI=1S/C29H29FN4O6/c1-3-29(39)19-8-22-16-6-14-7-20(30)13(2)15-4-5-21(33-24(36)10-32-23(35)9-31)26(25(14)15)17(16)11-34(22)27(37)18(19)12-40-28(29)38/h6-8,21,39H,3-5,9-12,31H2,1-2H3,(H,32,35)(H,33,36)/t21-,29-/m0/s1. The van der Waals surface area contributed by atoms with Crippen molar-refractivity contribution in [2.45, 2.75) is 57.9 Å². The van der Waals surface area contributed by atoms with E-state index >= 15 is 4.39 Å². The number of esters is 1. The van der Waals surface area contributed by atoms with Crippen molar-refractivity contribution in [1.82, 2.24) is 15.2 Å². The Balaban J connectivity index is 1.55. The lowest BCUT2D eigenvalue weighted by atomic mass is 9.79. The number of hydrogen-bond acceptors (Lipinski definition) is 7. The van der Waals surface area contributed by atoms with Gasteiger partial charge in [0.2, 0.25) is 11.8 Å². The molecular weight excluding hydrogens is 519 g/mol. The van der Waals surface area contributed by atoms with Gasteiger partial charge in [-0.3, -0.25) is 14.4 Å². The topological polar surface area (TPSA) is 153 Å². The van der Waals surface area contributed by atoms with Crippen LogP contribution in [0.3, 0.4) is 0 Å². The van der Waals surface area contributed by atoms with Gasteiger partial charge in [-0.25, -0.2) is 9.18 Å². The molecule has 1 aromatic heterocycles. The number of nitrogens with one attached hydrogen (secondary N) is 2. The third-order valence-corrected chi connectivity index (χ3v) is 8.54. The predicted octanol–water partition coefficient (Wildman–Crippen LogP) is 1.31. The molecule has 0 fully saturated rings. The molecular formula is C29H29FN4O6. The molecule has 0 radical (unpaired) electrons. The summed E-state index contributed by atoms with van der Waals surface area (Å²) in [6.07, 6.45) is 1.06. The van der Waals surface area contributed by atoms with E-state index < -0.39 is 29.4 Å². The van der Waals surface area contributed by atoms with Gasteiger partial charge in [0, 0.05) is 11.1 Å². The number of aliphatic hydroxyl groups is 1. The Bertz CT molecular complexity index is 1710. The summed E-state index contributed by atoms with van der Waals surface area (Å²) in [7, 11) is 0. The van der Waals surface area contributed by atoms with E-state index in [0.717, 1.165) is 22.1 Å². The van der Waals surface area contributed by atoms with Gasteiger partial charge in [0.25, 0.3) is 5.56 Å². The van der Waals surface area contributed by atoms with Crippen molar-refractivity contribution in [3.05, 3.63) is 67.8 Å². The third-order valence-electron chi connectivity index (χ3n) is 8.54. The van der Waals surface area contributed by atoms with E-state index in [9.17, 15) is 24.3 Å². The van der Waals surface area contributed by atoms with E-state index in [2.05, 4.69) is 10.6 Å². The Morgan fingerprint density at radius 2 is 1.98 bits per heavy atom. The zero-order chi connectivity index (χ0) is 28.5. The highest BCUT2D eigenvalue weighted by molar-refractivity contribution is 5.98. The summed E-state index contributed by atoms with van der Waals surface area (Å²) in [5.41, 5.74) is 7.64. The lowest BCUT2D eigenvalue weighted by molar-refractivity contribution is -0.172. The number of aryl methyl sites for hydroxylation is 1. The lowest BCUT2D eigenvalue weighted by Crippen LogP contribution is -2.44. The summed E-state index contributed by atoms with van der Waals surface area (Å²) in [5, 5.41) is 18.1. The number of ether oxygens (including phenoxy) is 1. The molecule has 0 unspecified atom stereocenters. The molecule has 3 heterocycles. The number of nitrogens with zero attached hydrogens (tertiary/aromatic N) is 1. The van der Waals surface area contributed by atoms with Gasteiger partial charge < -0.3 is 30.8 Å². The van der Waals surface area contributed by atoms with Crippen molar-refractivity contribution in [2.75, 3.05) is 13.1 Å². The first-order valence-electron chi connectivity index (χ1n) is 13.3. The van der Waals surface area contributed by atoms with Gasteiger partial charge in [0.1, 0.15) is 12.4 Å². The van der Waals surface area contributed by atoms with Crippen molar-refractivity contribution in [2.24, 2.45) is 5.73 Å². The van der Waals surface area contributed by atoms with E-state index in [0.29, 0.717) is 35.0 Å². The first kappa shape index (κ1) is 26.1. The number of benzene rings is 2. The van der Waals surface area contributed by atoms with E-state index in [1.807, 2.05) is 6.07 Å². The molecule has 40 heavy (non-hydrogen) atoms. The van der Waals surface area contributed by atoms with Gasteiger partial charge in [0.15, 0.2) is 5.60 Å². The number of hydrogen-bond donors (Lipinski definition) is 4. The molecule has 2 aromatic carbocycles. The predicted molar refractivity (Wildman–Crippen MR) is 143 cm³/mol. The van der Waals surface area contributed by atoms with Crippen LogP contribution in [0, 0.1) is 12.7 Å². The quantitative estimate of drug-likeness (QED) is 0.274. The van der Waals surface area contributed by atoms with Gasteiger partial charge in [-0.2, -0.15) is 0 Å². The second-order valence-electron chi connectivity index (χ2n) is 10.6. The third kappa shape index (κ3) is 3.68. The number of rotatable bonds is 5. The first-order chi connectivity index (χ1) is 19.1. The molecule has 10 nitrogen and oxygen atoms in total. The number of nitrogens with two attached hydrogens (primary N) is 1. The highest BCUT2D eigenvalue weighted by Gasteiger charge is 2.45. The summed E-state index contributed by atoms with van der Waals surface area (Å²) in [5.74, 6) is -1.99. The molecule has 2 atom stereocenters. The molecule has 0 bridgehead atoms. The van der Waals surface area contributed by atoms with Crippen LogP contribution in [0.5, 0.6) is 0 Å². The minimum atomic E-state index is -1.95. The highest BCUT2D eigenvalue weighted by Crippen LogP contribution is 2.47. The second kappa shape index (κ2) is 9.24. The average Bonchev–Trinajstić information content (AvgIpc) is 3.31. The first-order valence-corrected chi connectivity index (χ1v) is 13.3. The number of halogens is 1. The molecule has 6 rings (SSSR count). The van der Waals surface area contributed by atoms with Crippen LogP contribution in [-0.4, -0.2) is 40.5 Å². The molecule has 0 saturated heterocycles. The maximum absolute atomic E-state index is 15.0. The van der Waals surface area contributed by atoms with Crippen molar-refractivity contribution < 1.29 is 28.6 Å². The van der Waals surface area contributed by atoms with Gasteiger partial charge in [-0.1, -0.05) is 6.92 Å². The minimum Gasteiger partial charge on any atom is -0.458 e. The van der Waals surface area contributed by atoms with Crippen molar-refractivity contribution in [1.29, 1.82) is 0 Å². The number of fused-ring (bicyclic) bond motifs is 5. The fraction of sp³-hybridized carbons (Fsp3) is 0.379. The number of pyridine rings is 1. The van der Waals surface area contributed by atoms with E-state index in [4.69, 9.17) is 10.5 Å². The summed E-state index contributed by atoms with van der Waals surface area (Å²) in [4.78, 5) is 50.6. The van der Waals surface area contributed by atoms with Crippen LogP contribution in [0.1, 0.15) is 59.2 Å². The van der Waals surface area contributed by atoms with E-state index in [-0.39, 0.29) is 55.2 Å². The van der Waals surface area contributed by atoms with Crippen LogP contribution >= 0.6 is 0 Å². The van der Waals surface area contributed by atoms with Crippen LogP contribution < -0.4 is 21.9 Å². The Morgan fingerprint density at radius 3 is 2.70 bits per heavy atom. The normalized spacial score (nSPS) is 20.4. The molecule has 0 spiro atoms. The monoisotopic (exact) mass is 548 g/mol. The number of amides is 2. The summed E-state index contributed by atoms with van der Waals surface area (Å²) >= 11 is 0. The summed E-state index contributed by atoms with van der Waals surface area (Å²) in [6, 6.07) is 4.51. The molecule has 11 heteroatoms. The molecule has 208 valence electrons. The fourth-order valence-corrected chi connectivity index (χ4v) is 6.40. The van der Waals surface area contributed by atoms with Gasteiger partial charge in [-0.15, -0.1) is 0 Å². The Morgan fingerprint density at radius 1 is 1.20 bits per heavy atom. The number of aromatic nitrogens is 1. The Kier molecular flexibility index (Phi) is 6.04. The van der Waals surface area contributed by atoms with Crippen LogP contribution in [0.15, 0.2) is 23.0 Å². The van der Waals surface area contributed by atoms with Crippen LogP contribution in [0.4, 0.5) is 4.39 Å². The number of cyclic esters (lactones) is 1. The Labute approximate surface area is 228 Å². The smallest absolute Gasteiger partial charge is 0.343 e. The van der Waals surface area contributed by atoms with E-state index in [1.165, 1.54) is 6.07 Å². The highest BCUT2D eigenvalue weighted by atomic mass is 19.1. The molecule has 1 aliphatic carbocycles. The molecule has 3 aliphatic rings. The average molecular weight is 549 g/mol. The molecule has 3 aromatic rings. The van der Waals surface area contributed by atoms with E-state index in [1.54, 1.807) is 24.5 Å². The number of carbonyl (C=O) groups is 3. The van der Waals surface area contributed by atoms with Crippen LogP contribution in [0.25, 0.3) is 22.0 Å². The Hall–Kier alpha value is -4.09. The zero-order valence-corrected chi connectivity index (χ0v) is 22.2. The molecule has 0 saturated carbocycles. The number of carbonyl (C=O) groups excluding carboxylic acids is 3.